The number of hydrogen-bond donors (Lipinski definition) is 0. The van der Waals surface area contributed by atoms with Crippen LogP contribution < -0.4 is 0 Å². The van der Waals surface area contributed by atoms with Crippen molar-refractivity contribution in [2.45, 2.75) is 44.0 Å². The lowest BCUT2D eigenvalue weighted by Gasteiger charge is -2.37. The van der Waals surface area contributed by atoms with Gasteiger partial charge in [0, 0.05) is 12.6 Å². The summed E-state index contributed by atoms with van der Waals surface area (Å²) in [6.45, 7) is 5.24. The second kappa shape index (κ2) is 8.99. The summed E-state index contributed by atoms with van der Waals surface area (Å²) < 4.78 is 50.7. The molecule has 0 amide bonds. The van der Waals surface area contributed by atoms with E-state index in [-0.39, 0.29) is 24.1 Å². The van der Waals surface area contributed by atoms with Crippen LogP contribution in [0.2, 0.25) is 0 Å². The molecule has 1 aliphatic rings. The Labute approximate surface area is 198 Å². The minimum Gasteiger partial charge on any atom is -0.472 e. The third-order valence-electron chi connectivity index (χ3n) is 5.88. The van der Waals surface area contributed by atoms with E-state index in [0.29, 0.717) is 16.8 Å². The molecule has 1 aromatic heterocycles. The van der Waals surface area contributed by atoms with Crippen molar-refractivity contribution >= 4 is 15.9 Å². The van der Waals surface area contributed by atoms with Gasteiger partial charge in [-0.2, -0.15) is 5.26 Å². The summed E-state index contributed by atoms with van der Waals surface area (Å²) >= 11 is 0. The normalized spacial score (nSPS) is 19.4. The van der Waals surface area contributed by atoms with Gasteiger partial charge < -0.3 is 4.74 Å². The van der Waals surface area contributed by atoms with Crippen molar-refractivity contribution in [1.82, 2.24) is 4.98 Å². The van der Waals surface area contributed by atoms with Crippen LogP contribution in [0, 0.1) is 17.1 Å². The predicted octanol–water partition coefficient (Wildman–Crippen LogP) is 5.53. The molecular formula is C26H24FN3O3S. The van der Waals surface area contributed by atoms with Crippen LogP contribution in [0.4, 0.5) is 4.39 Å². The van der Waals surface area contributed by atoms with E-state index in [9.17, 15) is 12.8 Å². The molecule has 4 rings (SSSR count). The number of sulfonamides is 1. The quantitative estimate of drug-likeness (QED) is 0.482. The van der Waals surface area contributed by atoms with Gasteiger partial charge in [0.05, 0.1) is 0 Å². The summed E-state index contributed by atoms with van der Waals surface area (Å²) in [5.41, 5.74) is 1.89. The lowest BCUT2D eigenvalue weighted by molar-refractivity contribution is 0.0803. The molecule has 2 aromatic carbocycles. The standard InChI is InChI=1S/C26H24FN3O3S/c1-17(22-6-4-5-7-23(22)27)14-24-30-34(31,32)25(26(2,3)33-24)19-10-8-18(9-11-19)20-12-13-29-21(15-20)16-28/h4-13,15,17,25H,14H2,1-3H3/t17-,25+/m1/s1. The van der Waals surface area contributed by atoms with E-state index >= 15 is 0 Å². The van der Waals surface area contributed by atoms with Gasteiger partial charge in [-0.3, -0.25) is 0 Å². The summed E-state index contributed by atoms with van der Waals surface area (Å²) in [6, 6.07) is 18.9. The molecule has 0 saturated carbocycles. The Morgan fingerprint density at radius 3 is 2.47 bits per heavy atom. The Balaban J connectivity index is 1.61. The molecule has 0 unspecified atom stereocenters. The molecule has 0 bridgehead atoms. The number of halogens is 1. The Hall–Kier alpha value is -3.57. The van der Waals surface area contributed by atoms with Crippen LogP contribution in [-0.4, -0.2) is 24.9 Å². The molecule has 2 atom stereocenters. The van der Waals surface area contributed by atoms with Crippen molar-refractivity contribution in [3.05, 3.63) is 89.5 Å². The third-order valence-corrected chi connectivity index (χ3v) is 7.77. The predicted molar refractivity (Wildman–Crippen MR) is 128 cm³/mol. The summed E-state index contributed by atoms with van der Waals surface area (Å²) in [5.74, 6) is -0.572. The van der Waals surface area contributed by atoms with Gasteiger partial charge in [0.15, 0.2) is 0 Å². The number of benzene rings is 2. The van der Waals surface area contributed by atoms with Crippen LogP contribution in [0.3, 0.4) is 0 Å². The van der Waals surface area contributed by atoms with Gasteiger partial charge in [-0.15, -0.1) is 4.40 Å². The first kappa shape index (κ1) is 23.6. The molecular weight excluding hydrogens is 453 g/mol. The lowest BCUT2D eigenvalue weighted by Crippen LogP contribution is -2.43. The van der Waals surface area contributed by atoms with Crippen molar-refractivity contribution in [2.24, 2.45) is 4.40 Å². The average Bonchev–Trinajstić information content (AvgIpc) is 2.78. The van der Waals surface area contributed by atoms with E-state index in [2.05, 4.69) is 9.38 Å². The molecule has 0 aliphatic carbocycles. The van der Waals surface area contributed by atoms with Crippen molar-refractivity contribution in [3.8, 4) is 17.2 Å². The number of hydrogen-bond acceptors (Lipinski definition) is 5. The fourth-order valence-electron chi connectivity index (χ4n) is 4.35. The molecule has 6 nitrogen and oxygen atoms in total. The summed E-state index contributed by atoms with van der Waals surface area (Å²) in [5, 5.41) is 8.06. The number of nitrogens with zero attached hydrogens (tertiary/aromatic N) is 3. The zero-order chi connectivity index (χ0) is 24.5. The zero-order valence-corrected chi connectivity index (χ0v) is 19.9. The van der Waals surface area contributed by atoms with Crippen molar-refractivity contribution < 1.29 is 17.5 Å². The average molecular weight is 478 g/mol. The summed E-state index contributed by atoms with van der Waals surface area (Å²) in [7, 11) is -3.94. The molecule has 0 spiro atoms. The molecule has 3 aromatic rings. The number of pyridine rings is 1. The van der Waals surface area contributed by atoms with Gasteiger partial charge in [0.1, 0.15) is 28.4 Å². The Morgan fingerprint density at radius 2 is 1.82 bits per heavy atom. The minimum atomic E-state index is -3.94. The van der Waals surface area contributed by atoms with Crippen LogP contribution in [0.1, 0.15) is 55.2 Å². The number of aromatic nitrogens is 1. The van der Waals surface area contributed by atoms with E-state index in [0.717, 1.165) is 11.1 Å². The second-order valence-corrected chi connectivity index (χ2v) is 10.6. The topological polar surface area (TPSA) is 92.4 Å². The van der Waals surface area contributed by atoms with E-state index in [4.69, 9.17) is 10.00 Å². The van der Waals surface area contributed by atoms with Gasteiger partial charge >= 0.3 is 0 Å². The molecule has 0 radical (unpaired) electrons. The molecule has 0 saturated heterocycles. The molecule has 1 aliphatic heterocycles. The lowest BCUT2D eigenvalue weighted by atomic mass is 9.94. The van der Waals surface area contributed by atoms with Gasteiger partial charge in [-0.25, -0.2) is 17.8 Å². The Morgan fingerprint density at radius 1 is 1.12 bits per heavy atom. The first-order valence-corrected chi connectivity index (χ1v) is 12.3. The fraction of sp³-hybridized carbons (Fsp3) is 0.269. The molecule has 174 valence electrons. The van der Waals surface area contributed by atoms with E-state index in [1.165, 1.54) is 6.07 Å². The number of rotatable bonds is 5. The minimum absolute atomic E-state index is 0.0782. The Kier molecular flexibility index (Phi) is 6.24. The summed E-state index contributed by atoms with van der Waals surface area (Å²) in [4.78, 5) is 3.97. The molecule has 0 fully saturated rings. The molecule has 0 N–H and O–H groups in total. The SMILES string of the molecule is C[C@H](CC1=NS(=O)(=O)[C@@H](c2ccc(-c3ccnc(C#N)c3)cc2)C(C)(C)O1)c1ccccc1F. The molecule has 34 heavy (non-hydrogen) atoms. The highest BCUT2D eigenvalue weighted by Gasteiger charge is 2.47. The second-order valence-electron chi connectivity index (χ2n) is 8.88. The highest BCUT2D eigenvalue weighted by Crippen LogP contribution is 2.42. The molecule has 8 heteroatoms. The van der Waals surface area contributed by atoms with Crippen LogP contribution in [0.15, 0.2) is 71.3 Å². The van der Waals surface area contributed by atoms with Crippen molar-refractivity contribution in [2.75, 3.05) is 0 Å². The first-order chi connectivity index (χ1) is 16.1. The largest absolute Gasteiger partial charge is 0.472 e. The van der Waals surface area contributed by atoms with Crippen LogP contribution in [-0.2, 0) is 14.8 Å². The molecule has 2 heterocycles. The van der Waals surface area contributed by atoms with Gasteiger partial charge in [0.2, 0.25) is 5.90 Å². The fourth-order valence-corrected chi connectivity index (χ4v) is 6.12. The highest BCUT2D eigenvalue weighted by atomic mass is 32.2. The monoisotopic (exact) mass is 477 g/mol. The maximum absolute atomic E-state index is 14.2. The smallest absolute Gasteiger partial charge is 0.267 e. The van der Waals surface area contributed by atoms with Crippen LogP contribution in [0.25, 0.3) is 11.1 Å². The number of ether oxygens (including phenoxy) is 1. The van der Waals surface area contributed by atoms with Crippen molar-refractivity contribution in [3.63, 3.8) is 0 Å². The maximum Gasteiger partial charge on any atom is 0.267 e. The Bertz CT molecular complexity index is 1390. The van der Waals surface area contributed by atoms with Crippen molar-refractivity contribution in [1.29, 1.82) is 5.26 Å². The van der Waals surface area contributed by atoms with E-state index in [1.54, 1.807) is 74.6 Å². The van der Waals surface area contributed by atoms with E-state index in [1.807, 2.05) is 13.0 Å². The van der Waals surface area contributed by atoms with Crippen LogP contribution >= 0.6 is 0 Å². The van der Waals surface area contributed by atoms with Gasteiger partial charge in [0.25, 0.3) is 10.0 Å². The van der Waals surface area contributed by atoms with Crippen LogP contribution in [0.5, 0.6) is 0 Å². The third kappa shape index (κ3) is 4.70. The van der Waals surface area contributed by atoms with Gasteiger partial charge in [-0.05, 0) is 60.2 Å². The van der Waals surface area contributed by atoms with E-state index < -0.39 is 20.9 Å². The first-order valence-electron chi connectivity index (χ1n) is 10.8. The van der Waals surface area contributed by atoms with Gasteiger partial charge in [-0.1, -0.05) is 49.4 Å². The highest BCUT2D eigenvalue weighted by molar-refractivity contribution is 7.90. The maximum atomic E-state index is 14.2. The summed E-state index contributed by atoms with van der Waals surface area (Å²) in [6.07, 6.45) is 1.72. The zero-order valence-electron chi connectivity index (χ0n) is 19.1. The number of nitriles is 1.